The molecule has 1 heterocycles. The molecule has 6 nitrogen and oxygen atoms in total. The third-order valence-electron chi connectivity index (χ3n) is 4.45. The van der Waals surface area contributed by atoms with Crippen molar-refractivity contribution in [3.63, 3.8) is 0 Å². The quantitative estimate of drug-likeness (QED) is 0.157. The van der Waals surface area contributed by atoms with Gasteiger partial charge in [-0.05, 0) is 60.2 Å². The Morgan fingerprint density at radius 3 is 2.74 bits per heavy atom. The molecule has 0 saturated heterocycles. The Kier molecular flexibility index (Phi) is 6.81. The summed E-state index contributed by atoms with van der Waals surface area (Å²) >= 11 is 6.90. The highest BCUT2D eigenvalue weighted by atomic mass is 32.2. The molecule has 0 aliphatic heterocycles. The van der Waals surface area contributed by atoms with Gasteiger partial charge in [-0.15, -0.1) is 0 Å². The van der Waals surface area contributed by atoms with Crippen LogP contribution in [-0.4, -0.2) is 28.4 Å². The first-order chi connectivity index (χ1) is 15.2. The van der Waals surface area contributed by atoms with Gasteiger partial charge >= 0.3 is 0 Å². The van der Waals surface area contributed by atoms with Crippen molar-refractivity contribution >= 4 is 52.0 Å². The Morgan fingerprint density at radius 1 is 1.13 bits per heavy atom. The average Bonchev–Trinajstić information content (AvgIpc) is 3.21. The van der Waals surface area contributed by atoms with Crippen molar-refractivity contribution < 1.29 is 4.74 Å². The molecule has 0 spiro atoms. The predicted octanol–water partition coefficient (Wildman–Crippen LogP) is 5.18. The van der Waals surface area contributed by atoms with E-state index in [0.717, 1.165) is 38.8 Å². The summed E-state index contributed by atoms with van der Waals surface area (Å²) in [6, 6.07) is 23.7. The summed E-state index contributed by atoms with van der Waals surface area (Å²) in [6.45, 7) is 0. The van der Waals surface area contributed by atoms with Crippen molar-refractivity contribution in [2.24, 2.45) is 5.10 Å². The first-order valence-electron chi connectivity index (χ1n) is 9.61. The SMILES string of the molecule is COc1ccc(/C=N/NC(=S)Nc2ccccc2)cc1CSc1nc2ccccc2[nH]1. The summed E-state index contributed by atoms with van der Waals surface area (Å²) in [6.07, 6.45) is 1.73. The number of nitrogens with zero attached hydrogens (tertiary/aromatic N) is 2. The minimum Gasteiger partial charge on any atom is -0.496 e. The molecule has 31 heavy (non-hydrogen) atoms. The first-order valence-corrected chi connectivity index (χ1v) is 11.0. The number of methoxy groups -OCH3 is 1. The number of fused-ring (bicyclic) bond motifs is 1. The number of aromatic nitrogens is 2. The summed E-state index contributed by atoms with van der Waals surface area (Å²) in [5.41, 5.74) is 7.74. The second-order valence-corrected chi connectivity index (χ2v) is 7.98. The molecule has 0 atom stereocenters. The Hall–Kier alpha value is -3.36. The summed E-state index contributed by atoms with van der Waals surface area (Å²) < 4.78 is 5.52. The molecule has 3 N–H and O–H groups in total. The van der Waals surface area contributed by atoms with Crippen LogP contribution in [0.4, 0.5) is 5.69 Å². The van der Waals surface area contributed by atoms with E-state index in [0.29, 0.717) is 10.9 Å². The van der Waals surface area contributed by atoms with E-state index in [1.54, 1.807) is 25.1 Å². The molecule has 0 radical (unpaired) electrons. The smallest absolute Gasteiger partial charge is 0.191 e. The number of benzene rings is 3. The third-order valence-corrected chi connectivity index (χ3v) is 5.56. The van der Waals surface area contributed by atoms with Gasteiger partial charge in [-0.1, -0.05) is 42.1 Å². The molecule has 0 saturated carbocycles. The number of hydrogen-bond donors (Lipinski definition) is 3. The first kappa shape index (κ1) is 20.9. The minimum atomic E-state index is 0.427. The van der Waals surface area contributed by atoms with Crippen LogP contribution in [0.1, 0.15) is 11.1 Å². The lowest BCUT2D eigenvalue weighted by Gasteiger charge is -2.09. The number of ether oxygens (including phenoxy) is 1. The molecule has 0 aliphatic carbocycles. The topological polar surface area (TPSA) is 74.3 Å². The second kappa shape index (κ2) is 10.1. The molecule has 0 amide bonds. The Morgan fingerprint density at radius 2 is 1.94 bits per heavy atom. The van der Waals surface area contributed by atoms with E-state index in [2.05, 4.69) is 25.8 Å². The van der Waals surface area contributed by atoms with Crippen LogP contribution in [0.15, 0.2) is 83.1 Å². The molecular weight excluding hydrogens is 426 g/mol. The number of hydrazone groups is 1. The number of para-hydroxylation sites is 3. The molecule has 0 bridgehead atoms. The fourth-order valence-electron chi connectivity index (χ4n) is 2.98. The van der Waals surface area contributed by atoms with Crippen molar-refractivity contribution in [1.29, 1.82) is 0 Å². The van der Waals surface area contributed by atoms with E-state index in [1.165, 1.54) is 0 Å². The van der Waals surface area contributed by atoms with Gasteiger partial charge in [0.15, 0.2) is 10.3 Å². The summed E-state index contributed by atoms with van der Waals surface area (Å²) in [7, 11) is 1.67. The summed E-state index contributed by atoms with van der Waals surface area (Å²) in [5.74, 6) is 1.54. The molecule has 156 valence electrons. The number of thiocarbonyl (C=S) groups is 1. The van der Waals surface area contributed by atoms with Gasteiger partial charge < -0.3 is 15.0 Å². The number of hydrogen-bond acceptors (Lipinski definition) is 5. The molecule has 4 rings (SSSR count). The highest BCUT2D eigenvalue weighted by Crippen LogP contribution is 2.28. The van der Waals surface area contributed by atoms with Gasteiger partial charge in [-0.25, -0.2) is 4.98 Å². The highest BCUT2D eigenvalue weighted by Gasteiger charge is 2.08. The third kappa shape index (κ3) is 5.62. The normalized spacial score (nSPS) is 11.0. The predicted molar refractivity (Wildman–Crippen MR) is 132 cm³/mol. The molecular formula is C23H21N5OS2. The zero-order valence-electron chi connectivity index (χ0n) is 16.8. The number of thioether (sulfide) groups is 1. The lowest BCUT2D eigenvalue weighted by Crippen LogP contribution is -2.23. The Bertz CT molecular complexity index is 1170. The molecule has 3 aromatic carbocycles. The summed E-state index contributed by atoms with van der Waals surface area (Å²) in [4.78, 5) is 7.96. The van der Waals surface area contributed by atoms with Crippen molar-refractivity contribution in [3.05, 3.63) is 83.9 Å². The average molecular weight is 448 g/mol. The highest BCUT2D eigenvalue weighted by molar-refractivity contribution is 7.98. The van der Waals surface area contributed by atoms with Crippen molar-refractivity contribution in [2.45, 2.75) is 10.9 Å². The zero-order valence-corrected chi connectivity index (χ0v) is 18.5. The fraction of sp³-hybridized carbons (Fsp3) is 0.0870. The maximum Gasteiger partial charge on any atom is 0.191 e. The fourth-order valence-corrected chi connectivity index (χ4v) is 4.01. The van der Waals surface area contributed by atoms with Crippen LogP contribution < -0.4 is 15.5 Å². The van der Waals surface area contributed by atoms with E-state index in [4.69, 9.17) is 17.0 Å². The van der Waals surface area contributed by atoms with E-state index in [-0.39, 0.29) is 0 Å². The second-order valence-electron chi connectivity index (χ2n) is 6.61. The van der Waals surface area contributed by atoms with Gasteiger partial charge in [0.2, 0.25) is 0 Å². The largest absolute Gasteiger partial charge is 0.496 e. The van der Waals surface area contributed by atoms with Gasteiger partial charge in [-0.2, -0.15) is 5.10 Å². The molecule has 0 unspecified atom stereocenters. The van der Waals surface area contributed by atoms with Crippen LogP contribution in [0, 0.1) is 0 Å². The molecule has 4 aromatic rings. The molecule has 0 fully saturated rings. The maximum absolute atomic E-state index is 5.52. The van der Waals surface area contributed by atoms with Crippen LogP contribution in [0.2, 0.25) is 0 Å². The van der Waals surface area contributed by atoms with Gasteiger partial charge in [-0.3, -0.25) is 5.43 Å². The van der Waals surface area contributed by atoms with E-state index in [9.17, 15) is 0 Å². The van der Waals surface area contributed by atoms with Gasteiger partial charge in [0.25, 0.3) is 0 Å². The van der Waals surface area contributed by atoms with Crippen LogP contribution >= 0.6 is 24.0 Å². The Labute approximate surface area is 190 Å². The zero-order chi connectivity index (χ0) is 21.5. The van der Waals surface area contributed by atoms with Gasteiger partial charge in [0, 0.05) is 17.0 Å². The number of nitrogens with one attached hydrogen (secondary N) is 3. The van der Waals surface area contributed by atoms with Gasteiger partial charge in [0.1, 0.15) is 5.75 Å². The molecule has 1 aromatic heterocycles. The van der Waals surface area contributed by atoms with Gasteiger partial charge in [0.05, 0.1) is 24.4 Å². The standard InChI is InChI=1S/C23H21N5OS2/c1-29-21-12-11-16(14-24-28-22(30)25-18-7-3-2-4-8-18)13-17(21)15-31-23-26-19-9-5-6-10-20(19)27-23/h2-14H,15H2,1H3,(H,26,27)(H2,25,28,30)/b24-14+. The molecule has 8 heteroatoms. The number of rotatable bonds is 7. The monoisotopic (exact) mass is 447 g/mol. The van der Waals surface area contributed by atoms with Crippen LogP contribution in [-0.2, 0) is 5.75 Å². The minimum absolute atomic E-state index is 0.427. The van der Waals surface area contributed by atoms with Crippen LogP contribution in [0.5, 0.6) is 5.75 Å². The van der Waals surface area contributed by atoms with E-state index >= 15 is 0 Å². The van der Waals surface area contributed by atoms with Crippen molar-refractivity contribution in [2.75, 3.05) is 12.4 Å². The number of H-pyrrole nitrogens is 1. The number of anilines is 1. The van der Waals surface area contributed by atoms with Crippen LogP contribution in [0.25, 0.3) is 11.0 Å². The van der Waals surface area contributed by atoms with E-state index < -0.39 is 0 Å². The maximum atomic E-state index is 5.52. The van der Waals surface area contributed by atoms with E-state index in [1.807, 2.05) is 72.8 Å². The number of aromatic amines is 1. The Balaban J connectivity index is 1.39. The van der Waals surface area contributed by atoms with Crippen LogP contribution in [0.3, 0.4) is 0 Å². The summed E-state index contributed by atoms with van der Waals surface area (Å²) in [5, 5.41) is 8.62. The molecule has 0 aliphatic rings. The van der Waals surface area contributed by atoms with Crippen molar-refractivity contribution in [3.8, 4) is 5.75 Å². The van der Waals surface area contributed by atoms with Crippen molar-refractivity contribution in [1.82, 2.24) is 15.4 Å². The lowest BCUT2D eigenvalue weighted by molar-refractivity contribution is 0.411. The lowest BCUT2D eigenvalue weighted by atomic mass is 10.1. The number of imidazole rings is 1.